The van der Waals surface area contributed by atoms with Crippen molar-refractivity contribution < 1.29 is 4.74 Å². The lowest BCUT2D eigenvalue weighted by molar-refractivity contribution is 0.300. The number of para-hydroxylation sites is 1. The van der Waals surface area contributed by atoms with E-state index in [2.05, 4.69) is 68.8 Å². The topological polar surface area (TPSA) is 9.23 Å². The minimum absolute atomic E-state index is 0.571. The lowest BCUT2D eigenvalue weighted by Crippen LogP contribution is -2.00. The number of hydrogen-bond donors (Lipinski definition) is 1. The minimum atomic E-state index is 0.571. The highest BCUT2D eigenvalue weighted by atomic mass is 79.9. The zero-order chi connectivity index (χ0) is 15.1. The van der Waals surface area contributed by atoms with E-state index < -0.39 is 0 Å². The Bertz CT molecular complexity index is 587. The van der Waals surface area contributed by atoms with E-state index in [0.717, 1.165) is 45.3 Å². The van der Waals surface area contributed by atoms with Crippen molar-refractivity contribution in [2.24, 2.45) is 0 Å². The molecule has 0 saturated heterocycles. The van der Waals surface area contributed by atoms with E-state index in [-0.39, 0.29) is 0 Å². The Morgan fingerprint density at radius 3 is 2.57 bits per heavy atom. The fourth-order valence-corrected chi connectivity index (χ4v) is 3.31. The predicted octanol–water partition coefficient (Wildman–Crippen LogP) is 6.04. The van der Waals surface area contributed by atoms with E-state index >= 15 is 0 Å². The molecule has 2 aromatic rings. The molecular weight excluding hydrogens is 412 g/mol. The van der Waals surface area contributed by atoms with Gasteiger partial charge in [0.15, 0.2) is 0 Å². The van der Waals surface area contributed by atoms with Gasteiger partial charge in [-0.05, 0) is 70.3 Å². The van der Waals surface area contributed by atoms with Crippen molar-refractivity contribution in [2.45, 2.75) is 25.9 Å². The molecular formula is C17H18Br2OS. The van der Waals surface area contributed by atoms with Gasteiger partial charge in [-0.15, -0.1) is 0 Å². The third kappa shape index (κ3) is 5.35. The SMILES string of the molecule is SCCCCc1cccc(Br)c1OCc1cccc(Br)c1. The molecule has 0 amide bonds. The standard InChI is InChI=1S/C17H18Br2OS/c18-15-8-3-5-13(11-15)12-20-17-14(6-1-2-10-21)7-4-9-16(17)19/h3-5,7-9,11,21H,1-2,6,10,12H2. The molecule has 0 aliphatic heterocycles. The summed E-state index contributed by atoms with van der Waals surface area (Å²) in [5, 5.41) is 0. The highest BCUT2D eigenvalue weighted by Crippen LogP contribution is 2.31. The van der Waals surface area contributed by atoms with Crippen LogP contribution in [0.2, 0.25) is 0 Å². The second-order valence-corrected chi connectivity index (χ2v) is 7.04. The summed E-state index contributed by atoms with van der Waals surface area (Å²) in [5.41, 5.74) is 2.41. The molecule has 0 fully saturated rings. The Balaban J connectivity index is 2.07. The van der Waals surface area contributed by atoms with Crippen LogP contribution in [0.25, 0.3) is 0 Å². The Morgan fingerprint density at radius 1 is 1.00 bits per heavy atom. The molecule has 112 valence electrons. The maximum absolute atomic E-state index is 6.05. The van der Waals surface area contributed by atoms with Gasteiger partial charge >= 0.3 is 0 Å². The zero-order valence-corrected chi connectivity index (χ0v) is 15.8. The summed E-state index contributed by atoms with van der Waals surface area (Å²) < 4.78 is 8.14. The number of thiol groups is 1. The van der Waals surface area contributed by atoms with Gasteiger partial charge in [-0.3, -0.25) is 0 Å². The first-order chi connectivity index (χ1) is 10.2. The van der Waals surface area contributed by atoms with Gasteiger partial charge in [0.05, 0.1) is 4.47 Å². The lowest BCUT2D eigenvalue weighted by atomic mass is 10.1. The highest BCUT2D eigenvalue weighted by molar-refractivity contribution is 9.10. The van der Waals surface area contributed by atoms with Crippen LogP contribution in [0.1, 0.15) is 24.0 Å². The van der Waals surface area contributed by atoms with E-state index in [9.17, 15) is 0 Å². The largest absolute Gasteiger partial charge is 0.487 e. The van der Waals surface area contributed by atoms with Gasteiger partial charge in [-0.1, -0.05) is 40.2 Å². The van der Waals surface area contributed by atoms with Crippen LogP contribution in [0.15, 0.2) is 51.4 Å². The summed E-state index contributed by atoms with van der Waals surface area (Å²) in [6, 6.07) is 14.4. The molecule has 0 aliphatic rings. The monoisotopic (exact) mass is 428 g/mol. The molecule has 0 spiro atoms. The van der Waals surface area contributed by atoms with Gasteiger partial charge in [0, 0.05) is 4.47 Å². The average Bonchev–Trinajstić information content (AvgIpc) is 2.47. The van der Waals surface area contributed by atoms with Crippen molar-refractivity contribution in [1.82, 2.24) is 0 Å². The van der Waals surface area contributed by atoms with Crippen molar-refractivity contribution in [3.63, 3.8) is 0 Å². The maximum Gasteiger partial charge on any atom is 0.137 e. The number of aryl methyl sites for hydroxylation is 1. The van der Waals surface area contributed by atoms with E-state index in [1.807, 2.05) is 18.2 Å². The average molecular weight is 430 g/mol. The maximum atomic E-state index is 6.05. The first-order valence-corrected chi connectivity index (χ1v) is 9.18. The molecule has 0 unspecified atom stereocenters. The Hall–Kier alpha value is -0.450. The van der Waals surface area contributed by atoms with Gasteiger partial charge in [-0.25, -0.2) is 0 Å². The number of ether oxygens (including phenoxy) is 1. The molecule has 0 aliphatic carbocycles. The first kappa shape index (κ1) is 16.9. The van der Waals surface area contributed by atoms with Crippen LogP contribution in [-0.2, 0) is 13.0 Å². The smallest absolute Gasteiger partial charge is 0.137 e. The second kappa shape index (κ2) is 8.86. The highest BCUT2D eigenvalue weighted by Gasteiger charge is 2.08. The molecule has 2 rings (SSSR count). The van der Waals surface area contributed by atoms with Crippen molar-refractivity contribution in [2.75, 3.05) is 5.75 Å². The minimum Gasteiger partial charge on any atom is -0.487 e. The number of unbranched alkanes of at least 4 members (excludes halogenated alkanes) is 1. The van der Waals surface area contributed by atoms with Gasteiger partial charge in [0.2, 0.25) is 0 Å². The van der Waals surface area contributed by atoms with Crippen molar-refractivity contribution in [1.29, 1.82) is 0 Å². The molecule has 1 nitrogen and oxygen atoms in total. The van der Waals surface area contributed by atoms with E-state index in [4.69, 9.17) is 4.74 Å². The van der Waals surface area contributed by atoms with Crippen molar-refractivity contribution in [3.8, 4) is 5.75 Å². The van der Waals surface area contributed by atoms with Crippen LogP contribution in [0.3, 0.4) is 0 Å². The fourth-order valence-electron chi connectivity index (χ4n) is 2.12. The molecule has 0 radical (unpaired) electrons. The molecule has 0 aromatic heterocycles. The molecule has 0 bridgehead atoms. The molecule has 2 aromatic carbocycles. The van der Waals surface area contributed by atoms with E-state index in [1.54, 1.807) is 0 Å². The van der Waals surface area contributed by atoms with Crippen LogP contribution in [0.4, 0.5) is 0 Å². The summed E-state index contributed by atoms with van der Waals surface area (Å²) in [4.78, 5) is 0. The molecule has 21 heavy (non-hydrogen) atoms. The molecule has 0 heterocycles. The molecule has 0 N–H and O–H groups in total. The van der Waals surface area contributed by atoms with Crippen molar-refractivity contribution in [3.05, 3.63) is 62.5 Å². The van der Waals surface area contributed by atoms with E-state index in [1.165, 1.54) is 5.56 Å². The zero-order valence-electron chi connectivity index (χ0n) is 11.7. The Labute approximate surface area is 148 Å². The van der Waals surface area contributed by atoms with Crippen LogP contribution in [0.5, 0.6) is 5.75 Å². The number of halogens is 2. The van der Waals surface area contributed by atoms with Crippen LogP contribution < -0.4 is 4.74 Å². The molecule has 0 saturated carbocycles. The van der Waals surface area contributed by atoms with Crippen LogP contribution in [-0.4, -0.2) is 5.75 Å². The normalized spacial score (nSPS) is 10.6. The van der Waals surface area contributed by atoms with Gasteiger partial charge < -0.3 is 4.74 Å². The van der Waals surface area contributed by atoms with Crippen LogP contribution in [0, 0.1) is 0 Å². The lowest BCUT2D eigenvalue weighted by Gasteiger charge is -2.13. The van der Waals surface area contributed by atoms with Gasteiger partial charge in [0.25, 0.3) is 0 Å². The molecule has 0 atom stereocenters. The summed E-state index contributed by atoms with van der Waals surface area (Å²) >= 11 is 11.3. The number of rotatable bonds is 7. The second-order valence-electron chi connectivity index (χ2n) is 4.83. The summed E-state index contributed by atoms with van der Waals surface area (Å²) in [7, 11) is 0. The quantitative estimate of drug-likeness (QED) is 0.416. The first-order valence-electron chi connectivity index (χ1n) is 6.96. The third-order valence-corrected chi connectivity index (χ3v) is 4.61. The molecule has 4 heteroatoms. The number of benzene rings is 2. The van der Waals surface area contributed by atoms with Gasteiger partial charge in [0.1, 0.15) is 12.4 Å². The third-order valence-electron chi connectivity index (χ3n) is 3.17. The Kier molecular flexibility index (Phi) is 7.14. The van der Waals surface area contributed by atoms with Crippen molar-refractivity contribution >= 4 is 44.5 Å². The predicted molar refractivity (Wildman–Crippen MR) is 99.4 cm³/mol. The number of hydrogen-bond acceptors (Lipinski definition) is 2. The Morgan fingerprint density at radius 2 is 1.81 bits per heavy atom. The summed E-state index contributed by atoms with van der Waals surface area (Å²) in [6.07, 6.45) is 3.28. The summed E-state index contributed by atoms with van der Waals surface area (Å²) in [5.74, 6) is 1.89. The van der Waals surface area contributed by atoms with Crippen LogP contribution >= 0.6 is 44.5 Å². The van der Waals surface area contributed by atoms with E-state index in [0.29, 0.717) is 6.61 Å². The van der Waals surface area contributed by atoms with Gasteiger partial charge in [-0.2, -0.15) is 12.6 Å². The fraction of sp³-hybridized carbons (Fsp3) is 0.294. The summed E-state index contributed by atoms with van der Waals surface area (Å²) in [6.45, 7) is 0.571.